The number of hydrogen-bond donors (Lipinski definition) is 1. The highest BCUT2D eigenvalue weighted by molar-refractivity contribution is 5.45. The van der Waals surface area contributed by atoms with Crippen LogP contribution < -0.4 is 10.1 Å². The maximum absolute atomic E-state index is 10.1. The lowest BCUT2D eigenvalue weighted by molar-refractivity contribution is -0.109. The van der Waals surface area contributed by atoms with Crippen LogP contribution in [0.4, 0.5) is 0 Å². The lowest BCUT2D eigenvalue weighted by Crippen LogP contribution is -2.23. The summed E-state index contributed by atoms with van der Waals surface area (Å²) in [5, 5.41) is 2.64. The van der Waals surface area contributed by atoms with Crippen molar-refractivity contribution in [3.63, 3.8) is 0 Å². The third kappa shape index (κ3) is 6.17. The van der Waals surface area contributed by atoms with Crippen molar-refractivity contribution in [1.29, 1.82) is 0 Å². The number of ether oxygens (including phenoxy) is 1. The minimum absolute atomic E-state index is 0.633. The largest absolute Gasteiger partial charge is 0.494 e. The lowest BCUT2D eigenvalue weighted by atomic mass is 10.2. The molecule has 4 heteroatoms. The minimum atomic E-state index is 0.633. The number of amides is 1. The summed E-state index contributed by atoms with van der Waals surface area (Å²) in [6, 6.07) is 8.37. The van der Waals surface area contributed by atoms with Gasteiger partial charge in [0.15, 0.2) is 0 Å². The molecule has 116 valence electrons. The molecule has 1 aromatic rings. The van der Waals surface area contributed by atoms with E-state index in [0.717, 1.165) is 25.1 Å². The molecule has 0 aromatic heterocycles. The van der Waals surface area contributed by atoms with Gasteiger partial charge >= 0.3 is 0 Å². The van der Waals surface area contributed by atoms with E-state index in [0.29, 0.717) is 13.2 Å². The van der Waals surface area contributed by atoms with Gasteiger partial charge in [-0.05, 0) is 50.0 Å². The molecule has 0 saturated carbocycles. The molecule has 0 radical (unpaired) electrons. The van der Waals surface area contributed by atoms with Crippen molar-refractivity contribution in [2.24, 2.45) is 0 Å². The Morgan fingerprint density at radius 2 is 2.00 bits per heavy atom. The van der Waals surface area contributed by atoms with E-state index in [2.05, 4.69) is 28.4 Å². The average Bonchev–Trinajstić information content (AvgIpc) is 2.76. The molecule has 1 aromatic carbocycles. The van der Waals surface area contributed by atoms with E-state index >= 15 is 0 Å². The first-order chi connectivity index (χ1) is 10.4. The van der Waals surface area contributed by atoms with Gasteiger partial charge in [-0.15, -0.1) is 0 Å². The second-order valence-electron chi connectivity index (χ2n) is 5.61. The predicted molar refractivity (Wildman–Crippen MR) is 84.4 cm³/mol. The number of nitrogens with one attached hydrogen (secondary N) is 1. The van der Waals surface area contributed by atoms with Crippen LogP contribution in [0.25, 0.3) is 0 Å². The van der Waals surface area contributed by atoms with Gasteiger partial charge in [-0.3, -0.25) is 9.69 Å². The fraction of sp³-hybridized carbons (Fsp3) is 0.588. The van der Waals surface area contributed by atoms with Crippen molar-refractivity contribution in [2.45, 2.75) is 38.6 Å². The third-order valence-electron chi connectivity index (χ3n) is 3.82. The fourth-order valence-electron chi connectivity index (χ4n) is 2.71. The summed E-state index contributed by atoms with van der Waals surface area (Å²) in [6.07, 6.45) is 6.93. The molecule has 1 heterocycles. The number of likely N-dealkylation sites (tertiary alicyclic amines) is 1. The van der Waals surface area contributed by atoms with Gasteiger partial charge in [0.05, 0.1) is 6.61 Å². The maximum Gasteiger partial charge on any atom is 0.207 e. The van der Waals surface area contributed by atoms with E-state index < -0.39 is 0 Å². The zero-order valence-corrected chi connectivity index (χ0v) is 12.7. The predicted octanol–water partition coefficient (Wildman–Crippen LogP) is 2.58. The summed E-state index contributed by atoms with van der Waals surface area (Å²) in [5.74, 6) is 0.924. The quantitative estimate of drug-likeness (QED) is 0.591. The topological polar surface area (TPSA) is 41.6 Å². The molecule has 1 saturated heterocycles. The molecule has 0 unspecified atom stereocenters. The molecule has 0 spiro atoms. The smallest absolute Gasteiger partial charge is 0.207 e. The molecule has 1 fully saturated rings. The molecule has 21 heavy (non-hydrogen) atoms. The Kier molecular flexibility index (Phi) is 7.08. The van der Waals surface area contributed by atoms with Gasteiger partial charge in [-0.2, -0.15) is 0 Å². The van der Waals surface area contributed by atoms with Gasteiger partial charge in [0.25, 0.3) is 0 Å². The van der Waals surface area contributed by atoms with Crippen LogP contribution >= 0.6 is 0 Å². The van der Waals surface area contributed by atoms with Crippen molar-refractivity contribution in [1.82, 2.24) is 10.2 Å². The normalized spacial score (nSPS) is 16.2. The Hall–Kier alpha value is -1.55. The van der Waals surface area contributed by atoms with Crippen LogP contribution in [0.15, 0.2) is 24.3 Å². The van der Waals surface area contributed by atoms with Crippen LogP contribution in [-0.2, 0) is 11.3 Å². The van der Waals surface area contributed by atoms with Gasteiger partial charge in [0, 0.05) is 13.1 Å². The number of carbonyl (C=O) groups excluding carboxylic acids is 1. The Labute approximate surface area is 127 Å². The molecule has 1 amide bonds. The zero-order valence-electron chi connectivity index (χ0n) is 12.7. The van der Waals surface area contributed by atoms with Gasteiger partial charge in [0.2, 0.25) is 6.41 Å². The van der Waals surface area contributed by atoms with Crippen LogP contribution in [0, 0.1) is 0 Å². The van der Waals surface area contributed by atoms with Crippen molar-refractivity contribution in [2.75, 3.05) is 26.2 Å². The first-order valence-corrected chi connectivity index (χ1v) is 7.99. The van der Waals surface area contributed by atoms with Crippen molar-refractivity contribution in [3.05, 3.63) is 29.8 Å². The molecular weight excluding hydrogens is 264 g/mol. The van der Waals surface area contributed by atoms with Crippen LogP contribution in [0.1, 0.15) is 37.7 Å². The molecule has 2 rings (SSSR count). The molecule has 0 bridgehead atoms. The molecule has 1 aliphatic rings. The maximum atomic E-state index is 10.1. The number of carbonyl (C=O) groups is 1. The summed E-state index contributed by atoms with van der Waals surface area (Å²) in [5.41, 5.74) is 1.32. The van der Waals surface area contributed by atoms with Crippen molar-refractivity contribution < 1.29 is 9.53 Å². The summed E-state index contributed by atoms with van der Waals surface area (Å²) in [6.45, 7) is 4.74. The van der Waals surface area contributed by atoms with Crippen molar-refractivity contribution in [3.8, 4) is 5.75 Å². The van der Waals surface area contributed by atoms with Gasteiger partial charge in [-0.1, -0.05) is 25.0 Å². The second kappa shape index (κ2) is 9.40. The van der Waals surface area contributed by atoms with E-state index in [4.69, 9.17) is 4.74 Å². The molecule has 1 N–H and O–H groups in total. The Balaban J connectivity index is 1.78. The Bertz CT molecular complexity index is 415. The Morgan fingerprint density at radius 1 is 1.19 bits per heavy atom. The standard InChI is InChI=1S/C17H26N2O2/c20-15-18-9-6-12-21-17-8-5-7-16(13-17)14-19-10-3-1-2-4-11-19/h5,7-8,13,15H,1-4,6,9-12,14H2,(H,18,20). The van der Waals surface area contributed by atoms with Gasteiger partial charge in [0.1, 0.15) is 5.75 Å². The fourth-order valence-corrected chi connectivity index (χ4v) is 2.71. The second-order valence-corrected chi connectivity index (χ2v) is 5.61. The van der Waals surface area contributed by atoms with E-state index in [-0.39, 0.29) is 0 Å². The van der Waals surface area contributed by atoms with Crippen LogP contribution in [-0.4, -0.2) is 37.6 Å². The number of hydrogen-bond acceptors (Lipinski definition) is 3. The highest BCUT2D eigenvalue weighted by Crippen LogP contribution is 2.17. The first kappa shape index (κ1) is 15.8. The number of nitrogens with zero attached hydrogens (tertiary/aromatic N) is 1. The third-order valence-corrected chi connectivity index (χ3v) is 3.82. The van der Waals surface area contributed by atoms with Crippen LogP contribution in [0.3, 0.4) is 0 Å². The SMILES string of the molecule is O=CNCCCOc1cccc(CN2CCCCCC2)c1. The zero-order chi connectivity index (χ0) is 14.8. The van der Waals surface area contributed by atoms with E-state index in [9.17, 15) is 4.79 Å². The first-order valence-electron chi connectivity index (χ1n) is 7.99. The highest BCUT2D eigenvalue weighted by Gasteiger charge is 2.09. The molecular formula is C17H26N2O2. The number of rotatable bonds is 8. The van der Waals surface area contributed by atoms with Crippen LogP contribution in [0.5, 0.6) is 5.75 Å². The highest BCUT2D eigenvalue weighted by atomic mass is 16.5. The van der Waals surface area contributed by atoms with E-state index in [1.54, 1.807) is 0 Å². The number of benzene rings is 1. The van der Waals surface area contributed by atoms with Crippen molar-refractivity contribution >= 4 is 6.41 Å². The lowest BCUT2D eigenvalue weighted by Gasteiger charge is -2.20. The average molecular weight is 290 g/mol. The summed E-state index contributed by atoms with van der Waals surface area (Å²) < 4.78 is 5.73. The molecule has 0 atom stereocenters. The van der Waals surface area contributed by atoms with Gasteiger partial charge in [-0.25, -0.2) is 0 Å². The molecule has 1 aliphatic heterocycles. The minimum Gasteiger partial charge on any atom is -0.494 e. The summed E-state index contributed by atoms with van der Waals surface area (Å²) >= 11 is 0. The van der Waals surface area contributed by atoms with E-state index in [1.807, 2.05) is 6.07 Å². The summed E-state index contributed by atoms with van der Waals surface area (Å²) in [7, 11) is 0. The monoisotopic (exact) mass is 290 g/mol. The summed E-state index contributed by atoms with van der Waals surface area (Å²) in [4.78, 5) is 12.7. The van der Waals surface area contributed by atoms with E-state index in [1.165, 1.54) is 44.3 Å². The molecule has 4 nitrogen and oxygen atoms in total. The van der Waals surface area contributed by atoms with Gasteiger partial charge < -0.3 is 10.1 Å². The molecule has 0 aliphatic carbocycles. The Morgan fingerprint density at radius 3 is 2.76 bits per heavy atom. The van der Waals surface area contributed by atoms with Crippen LogP contribution in [0.2, 0.25) is 0 Å².